The first kappa shape index (κ1) is 14.5. The molecular weight excluding hydrogens is 263 g/mol. The van der Waals surface area contributed by atoms with Gasteiger partial charge in [0, 0.05) is 5.69 Å². The quantitative estimate of drug-likeness (QED) is 0.612. The largest absolute Gasteiger partial charge is 0.494 e. The molecule has 1 heterocycles. The Morgan fingerprint density at radius 3 is 2.11 bits per heavy atom. The van der Waals surface area contributed by atoms with Crippen molar-refractivity contribution in [2.75, 3.05) is 5.73 Å². The molecule has 1 aromatic rings. The van der Waals surface area contributed by atoms with E-state index in [2.05, 4.69) is 0 Å². The van der Waals surface area contributed by atoms with Gasteiger partial charge in [-0.15, -0.1) is 0 Å². The highest BCUT2D eigenvalue weighted by atomic mass is 32.2. The van der Waals surface area contributed by atoms with Crippen LogP contribution < -0.4 is 16.3 Å². The maximum absolute atomic E-state index is 11.3. The van der Waals surface area contributed by atoms with Gasteiger partial charge in [-0.2, -0.15) is 0 Å². The summed E-state index contributed by atoms with van der Waals surface area (Å²) >= 11 is 0. The van der Waals surface area contributed by atoms with Crippen molar-refractivity contribution in [1.82, 2.24) is 0 Å². The first-order valence-electron chi connectivity index (χ1n) is 6.05. The fraction of sp³-hybridized carbons (Fsp3) is 0.500. The van der Waals surface area contributed by atoms with Gasteiger partial charge in [0.2, 0.25) is 0 Å². The zero-order chi connectivity index (χ0) is 14.4. The molecule has 104 valence electrons. The van der Waals surface area contributed by atoms with E-state index in [1.54, 1.807) is 18.2 Å². The van der Waals surface area contributed by atoms with Crippen LogP contribution in [0.15, 0.2) is 23.1 Å². The van der Waals surface area contributed by atoms with Gasteiger partial charge in [0.1, 0.15) is 11.0 Å². The Bertz CT molecular complexity index is 518. The lowest BCUT2D eigenvalue weighted by Gasteiger charge is -2.32. The van der Waals surface area contributed by atoms with Gasteiger partial charge >= 0.3 is 7.12 Å². The second-order valence-corrected chi connectivity index (χ2v) is 6.72. The van der Waals surface area contributed by atoms with E-state index in [-0.39, 0.29) is 0 Å². The van der Waals surface area contributed by atoms with Crippen molar-refractivity contribution in [3.8, 4) is 0 Å². The molecule has 1 saturated heterocycles. The van der Waals surface area contributed by atoms with Gasteiger partial charge in [0.25, 0.3) is 0 Å². The number of nitrogen functional groups attached to an aromatic ring is 1. The topological polar surface area (TPSA) is 87.6 Å². The minimum absolute atomic E-state index is 0.382. The van der Waals surface area contributed by atoms with E-state index in [9.17, 15) is 4.21 Å². The van der Waals surface area contributed by atoms with Gasteiger partial charge in [-0.3, -0.25) is 0 Å². The molecule has 7 heteroatoms. The van der Waals surface area contributed by atoms with Crippen LogP contribution in [-0.2, 0) is 20.3 Å². The van der Waals surface area contributed by atoms with Crippen molar-refractivity contribution in [3.63, 3.8) is 0 Å². The molecule has 5 nitrogen and oxygen atoms in total. The Morgan fingerprint density at radius 2 is 1.68 bits per heavy atom. The Morgan fingerprint density at radius 1 is 1.16 bits per heavy atom. The second-order valence-electron chi connectivity index (χ2n) is 5.68. The van der Waals surface area contributed by atoms with Gasteiger partial charge in [0.05, 0.1) is 16.1 Å². The lowest BCUT2D eigenvalue weighted by atomic mass is 9.79. The van der Waals surface area contributed by atoms with E-state index in [0.717, 1.165) is 5.46 Å². The number of rotatable bonds is 2. The molecule has 19 heavy (non-hydrogen) atoms. The highest BCUT2D eigenvalue weighted by molar-refractivity contribution is 7.82. The summed E-state index contributed by atoms with van der Waals surface area (Å²) in [5.74, 6) is 0. The summed E-state index contributed by atoms with van der Waals surface area (Å²) in [4.78, 5) is 0.417. The molecule has 0 radical (unpaired) electrons. The number of benzene rings is 1. The van der Waals surface area contributed by atoms with E-state index < -0.39 is 29.3 Å². The molecule has 1 aliphatic heterocycles. The number of hydrogen-bond donors (Lipinski definition) is 2. The summed E-state index contributed by atoms with van der Waals surface area (Å²) in [6.07, 6.45) is 0. The fourth-order valence-corrected chi connectivity index (χ4v) is 2.37. The van der Waals surface area contributed by atoms with Crippen LogP contribution in [0.4, 0.5) is 5.69 Å². The zero-order valence-corrected chi connectivity index (χ0v) is 12.4. The predicted octanol–water partition coefficient (Wildman–Crippen LogP) is 0.549. The highest BCUT2D eigenvalue weighted by Gasteiger charge is 2.51. The number of anilines is 1. The monoisotopic (exact) mass is 282 g/mol. The Hall–Kier alpha value is -0.885. The average Bonchev–Trinajstić information content (AvgIpc) is 2.47. The molecule has 0 spiro atoms. The summed E-state index contributed by atoms with van der Waals surface area (Å²) in [6, 6.07) is 5.12. The lowest BCUT2D eigenvalue weighted by molar-refractivity contribution is 0.00578. The Balaban J connectivity index is 2.31. The SMILES string of the molecule is CC1(C)OB(c2ccc(S(N)=O)c(N)c2)OC1(C)C. The van der Waals surface area contributed by atoms with Gasteiger partial charge in [-0.25, -0.2) is 9.35 Å². The predicted molar refractivity (Wildman–Crippen MR) is 77.2 cm³/mol. The summed E-state index contributed by atoms with van der Waals surface area (Å²) in [5, 5.41) is 5.33. The summed E-state index contributed by atoms with van der Waals surface area (Å²) < 4.78 is 23.1. The third-order valence-corrected chi connectivity index (χ3v) is 4.58. The van der Waals surface area contributed by atoms with Crippen molar-refractivity contribution in [2.24, 2.45) is 5.14 Å². The highest BCUT2D eigenvalue weighted by Crippen LogP contribution is 2.36. The van der Waals surface area contributed by atoms with Crippen LogP contribution in [0.3, 0.4) is 0 Å². The van der Waals surface area contributed by atoms with Gasteiger partial charge < -0.3 is 15.0 Å². The third kappa shape index (κ3) is 2.56. The van der Waals surface area contributed by atoms with E-state index in [1.807, 2.05) is 27.7 Å². The molecule has 2 rings (SSSR count). The molecule has 1 unspecified atom stereocenters. The van der Waals surface area contributed by atoms with Gasteiger partial charge in [-0.1, -0.05) is 6.07 Å². The first-order valence-corrected chi connectivity index (χ1v) is 7.26. The van der Waals surface area contributed by atoms with Gasteiger partial charge in [-0.05, 0) is 45.3 Å². The minimum atomic E-state index is -1.59. The molecule has 0 bridgehead atoms. The average molecular weight is 282 g/mol. The van der Waals surface area contributed by atoms with Crippen molar-refractivity contribution in [3.05, 3.63) is 18.2 Å². The Labute approximate surface area is 116 Å². The molecule has 0 aliphatic carbocycles. The molecule has 4 N–H and O–H groups in total. The van der Waals surface area contributed by atoms with Crippen LogP contribution in [0.1, 0.15) is 27.7 Å². The fourth-order valence-electron chi connectivity index (χ4n) is 1.88. The van der Waals surface area contributed by atoms with Crippen LogP contribution in [0.25, 0.3) is 0 Å². The number of nitrogens with two attached hydrogens (primary N) is 2. The maximum Gasteiger partial charge on any atom is 0.494 e. The van der Waals surface area contributed by atoms with E-state index in [0.29, 0.717) is 10.6 Å². The molecule has 1 fully saturated rings. The molecule has 0 aromatic heterocycles. The van der Waals surface area contributed by atoms with Crippen LogP contribution in [-0.4, -0.2) is 22.5 Å². The first-order chi connectivity index (χ1) is 8.64. The van der Waals surface area contributed by atoms with Crippen LogP contribution in [0, 0.1) is 0 Å². The molecule has 0 amide bonds. The van der Waals surface area contributed by atoms with Crippen molar-refractivity contribution < 1.29 is 13.5 Å². The van der Waals surface area contributed by atoms with E-state index in [1.165, 1.54) is 0 Å². The summed E-state index contributed by atoms with van der Waals surface area (Å²) in [6.45, 7) is 7.94. The minimum Gasteiger partial charge on any atom is -0.399 e. The van der Waals surface area contributed by atoms with E-state index >= 15 is 0 Å². The zero-order valence-electron chi connectivity index (χ0n) is 11.6. The smallest absolute Gasteiger partial charge is 0.399 e. The molecule has 1 aliphatic rings. The molecule has 1 atom stereocenters. The van der Waals surface area contributed by atoms with Crippen molar-refractivity contribution in [2.45, 2.75) is 43.8 Å². The number of hydrogen-bond acceptors (Lipinski definition) is 4. The molecule has 1 aromatic carbocycles. The van der Waals surface area contributed by atoms with E-state index in [4.69, 9.17) is 20.2 Å². The normalized spacial score (nSPS) is 22.5. The van der Waals surface area contributed by atoms with Gasteiger partial charge in [0.15, 0.2) is 0 Å². The summed E-state index contributed by atoms with van der Waals surface area (Å²) in [7, 11) is -2.07. The van der Waals surface area contributed by atoms with Crippen LogP contribution >= 0.6 is 0 Å². The third-order valence-electron chi connectivity index (χ3n) is 3.78. The van der Waals surface area contributed by atoms with Crippen molar-refractivity contribution in [1.29, 1.82) is 0 Å². The lowest BCUT2D eigenvalue weighted by Crippen LogP contribution is -2.41. The van der Waals surface area contributed by atoms with Crippen molar-refractivity contribution >= 4 is 29.3 Å². The Kier molecular flexibility index (Phi) is 3.51. The summed E-state index contributed by atoms with van der Waals surface area (Å²) in [5.41, 5.74) is 6.22. The molecular formula is C12H19BN2O3S. The molecule has 0 saturated carbocycles. The van der Waals surface area contributed by atoms with Crippen LogP contribution in [0.5, 0.6) is 0 Å². The maximum atomic E-state index is 11.3. The second kappa shape index (κ2) is 4.59. The standard InChI is InChI=1S/C12H19BN2O3S/c1-11(2)12(3,4)18-13(17-11)8-5-6-10(19(15)16)9(14)7-8/h5-7H,14-15H2,1-4H3. The van der Waals surface area contributed by atoms with Crippen LogP contribution in [0.2, 0.25) is 0 Å².